The Kier molecular flexibility index (Phi) is 4.57. The minimum atomic E-state index is -0.382. The Bertz CT molecular complexity index is 485. The maximum absolute atomic E-state index is 11.0. The molecule has 1 aliphatic carbocycles. The molecule has 0 bridgehead atoms. The molecule has 1 aromatic carbocycles. The molecule has 1 fully saturated rings. The second kappa shape index (κ2) is 6.19. The lowest BCUT2D eigenvalue weighted by Crippen LogP contribution is -2.45. The van der Waals surface area contributed by atoms with Crippen molar-refractivity contribution in [3.05, 3.63) is 33.9 Å². The van der Waals surface area contributed by atoms with Gasteiger partial charge in [-0.1, -0.05) is 18.9 Å². The number of aliphatic hydroxyl groups is 1. The molecular formula is C14H21N3O3. The van der Waals surface area contributed by atoms with Crippen LogP contribution < -0.4 is 10.6 Å². The first kappa shape index (κ1) is 14.7. The largest absolute Gasteiger partial charge is 0.394 e. The molecule has 3 N–H and O–H groups in total. The Morgan fingerprint density at radius 3 is 2.65 bits per heavy atom. The number of hydrogen-bond donors (Lipinski definition) is 3. The van der Waals surface area contributed by atoms with Gasteiger partial charge in [0.15, 0.2) is 0 Å². The van der Waals surface area contributed by atoms with Gasteiger partial charge in [0.2, 0.25) is 0 Å². The summed E-state index contributed by atoms with van der Waals surface area (Å²) in [4.78, 5) is 10.6. The Hall–Kier alpha value is -1.66. The van der Waals surface area contributed by atoms with E-state index in [1.54, 1.807) is 19.2 Å². The van der Waals surface area contributed by atoms with Gasteiger partial charge in [-0.15, -0.1) is 0 Å². The van der Waals surface area contributed by atoms with E-state index in [1.165, 1.54) is 0 Å². The molecule has 110 valence electrons. The summed E-state index contributed by atoms with van der Waals surface area (Å²) in [7, 11) is 1.67. The highest BCUT2D eigenvalue weighted by Crippen LogP contribution is 2.30. The Morgan fingerprint density at radius 1 is 1.40 bits per heavy atom. The molecule has 0 aromatic heterocycles. The summed E-state index contributed by atoms with van der Waals surface area (Å²) in [5.41, 5.74) is 1.24. The average Bonchev–Trinajstić information content (AvgIpc) is 2.94. The number of anilines is 1. The lowest BCUT2D eigenvalue weighted by atomic mass is 9.98. The Morgan fingerprint density at radius 2 is 2.10 bits per heavy atom. The number of nitrogens with zero attached hydrogens (tertiary/aromatic N) is 1. The van der Waals surface area contributed by atoms with Crippen molar-refractivity contribution in [3.8, 4) is 0 Å². The molecular weight excluding hydrogens is 258 g/mol. The number of nitro benzene ring substituents is 1. The number of aliphatic hydroxyl groups excluding tert-OH is 1. The molecule has 0 saturated heterocycles. The van der Waals surface area contributed by atoms with Crippen molar-refractivity contribution < 1.29 is 10.0 Å². The van der Waals surface area contributed by atoms with Gasteiger partial charge in [0.1, 0.15) is 5.69 Å². The second-order valence-electron chi connectivity index (χ2n) is 5.36. The minimum Gasteiger partial charge on any atom is -0.394 e. The van der Waals surface area contributed by atoms with Crippen LogP contribution in [0.5, 0.6) is 0 Å². The fourth-order valence-corrected chi connectivity index (χ4v) is 2.78. The lowest BCUT2D eigenvalue weighted by Gasteiger charge is -2.28. The number of rotatable bonds is 6. The number of benzene rings is 1. The third kappa shape index (κ3) is 3.08. The van der Waals surface area contributed by atoms with E-state index in [0.29, 0.717) is 12.2 Å². The van der Waals surface area contributed by atoms with Gasteiger partial charge in [-0.2, -0.15) is 0 Å². The topological polar surface area (TPSA) is 87.4 Å². The lowest BCUT2D eigenvalue weighted by molar-refractivity contribution is -0.384. The molecule has 0 heterocycles. The van der Waals surface area contributed by atoms with E-state index >= 15 is 0 Å². The molecule has 1 aromatic rings. The summed E-state index contributed by atoms with van der Waals surface area (Å²) in [6, 6.07) is 5.17. The molecule has 0 spiro atoms. The van der Waals surface area contributed by atoms with Crippen LogP contribution in [0.2, 0.25) is 0 Å². The molecule has 1 saturated carbocycles. The maximum atomic E-state index is 11.0. The highest BCUT2D eigenvalue weighted by Gasteiger charge is 2.32. The SMILES string of the molecule is CNc1ccc(CNC2(CO)CCCC2)cc1[N+](=O)[O-]. The minimum absolute atomic E-state index is 0.0799. The van der Waals surface area contributed by atoms with Crippen molar-refractivity contribution >= 4 is 11.4 Å². The summed E-state index contributed by atoms with van der Waals surface area (Å²) in [6.45, 7) is 0.648. The van der Waals surface area contributed by atoms with E-state index in [4.69, 9.17) is 0 Å². The van der Waals surface area contributed by atoms with Crippen LogP contribution in [0, 0.1) is 10.1 Å². The van der Waals surface area contributed by atoms with Crippen LogP contribution in [0.15, 0.2) is 18.2 Å². The zero-order chi connectivity index (χ0) is 14.6. The van der Waals surface area contributed by atoms with Gasteiger partial charge < -0.3 is 15.7 Å². The molecule has 6 heteroatoms. The van der Waals surface area contributed by atoms with Crippen molar-refractivity contribution in [3.63, 3.8) is 0 Å². The third-order valence-electron chi connectivity index (χ3n) is 4.06. The monoisotopic (exact) mass is 279 g/mol. The van der Waals surface area contributed by atoms with Crippen molar-refractivity contribution in [2.24, 2.45) is 0 Å². The Balaban J connectivity index is 2.10. The van der Waals surface area contributed by atoms with Gasteiger partial charge in [-0.3, -0.25) is 10.1 Å². The highest BCUT2D eigenvalue weighted by atomic mass is 16.6. The predicted molar refractivity (Wildman–Crippen MR) is 77.8 cm³/mol. The third-order valence-corrected chi connectivity index (χ3v) is 4.06. The van der Waals surface area contributed by atoms with Crippen molar-refractivity contribution in [2.45, 2.75) is 37.8 Å². The first-order valence-corrected chi connectivity index (χ1v) is 6.91. The predicted octanol–water partition coefficient (Wildman–Crippen LogP) is 2.03. The van der Waals surface area contributed by atoms with E-state index in [0.717, 1.165) is 31.2 Å². The fraction of sp³-hybridized carbons (Fsp3) is 0.571. The summed E-state index contributed by atoms with van der Waals surface area (Å²) < 4.78 is 0. The van der Waals surface area contributed by atoms with E-state index in [2.05, 4.69) is 10.6 Å². The smallest absolute Gasteiger partial charge is 0.292 e. The van der Waals surface area contributed by atoms with Crippen molar-refractivity contribution in [1.82, 2.24) is 5.32 Å². The molecule has 1 aliphatic rings. The van der Waals surface area contributed by atoms with E-state index in [1.807, 2.05) is 6.07 Å². The van der Waals surface area contributed by atoms with Crippen molar-refractivity contribution in [1.29, 1.82) is 0 Å². The molecule has 0 radical (unpaired) electrons. The first-order chi connectivity index (χ1) is 9.60. The van der Waals surface area contributed by atoms with Gasteiger partial charge in [0.05, 0.1) is 11.5 Å². The van der Waals surface area contributed by atoms with Crippen LogP contribution in [-0.2, 0) is 6.54 Å². The summed E-state index contributed by atoms with van der Waals surface area (Å²) in [5, 5.41) is 26.7. The molecule has 0 aliphatic heterocycles. The normalized spacial score (nSPS) is 17.1. The molecule has 0 unspecified atom stereocenters. The van der Waals surface area contributed by atoms with E-state index in [-0.39, 0.29) is 22.8 Å². The first-order valence-electron chi connectivity index (χ1n) is 6.91. The zero-order valence-electron chi connectivity index (χ0n) is 11.7. The fourth-order valence-electron chi connectivity index (χ4n) is 2.78. The average molecular weight is 279 g/mol. The molecule has 0 amide bonds. The number of hydrogen-bond acceptors (Lipinski definition) is 5. The molecule has 0 atom stereocenters. The van der Waals surface area contributed by atoms with Crippen LogP contribution in [-0.4, -0.2) is 29.2 Å². The van der Waals surface area contributed by atoms with Crippen LogP contribution in [0.25, 0.3) is 0 Å². The molecule has 20 heavy (non-hydrogen) atoms. The summed E-state index contributed by atoms with van der Waals surface area (Å²) in [6.07, 6.45) is 4.15. The van der Waals surface area contributed by atoms with Gasteiger partial charge in [0.25, 0.3) is 5.69 Å². The number of nitro groups is 1. The summed E-state index contributed by atoms with van der Waals surface area (Å²) in [5.74, 6) is 0. The van der Waals surface area contributed by atoms with Gasteiger partial charge in [0, 0.05) is 25.2 Å². The van der Waals surface area contributed by atoms with E-state index in [9.17, 15) is 15.2 Å². The maximum Gasteiger partial charge on any atom is 0.292 e. The quantitative estimate of drug-likeness (QED) is 0.548. The zero-order valence-corrected chi connectivity index (χ0v) is 11.7. The van der Waals surface area contributed by atoms with Gasteiger partial charge >= 0.3 is 0 Å². The summed E-state index contributed by atoms with van der Waals surface area (Å²) >= 11 is 0. The highest BCUT2D eigenvalue weighted by molar-refractivity contribution is 5.62. The van der Waals surface area contributed by atoms with Crippen molar-refractivity contribution in [2.75, 3.05) is 19.0 Å². The molecule has 2 rings (SSSR count). The van der Waals surface area contributed by atoms with Crippen LogP contribution in [0.3, 0.4) is 0 Å². The second-order valence-corrected chi connectivity index (χ2v) is 5.36. The van der Waals surface area contributed by atoms with Crippen LogP contribution >= 0.6 is 0 Å². The van der Waals surface area contributed by atoms with Crippen LogP contribution in [0.4, 0.5) is 11.4 Å². The standard InChI is InChI=1S/C14H21N3O3/c1-15-12-5-4-11(8-13(12)17(19)20)9-16-14(10-18)6-2-3-7-14/h4-5,8,15-16,18H,2-3,6-7,9-10H2,1H3. The molecule has 6 nitrogen and oxygen atoms in total. The van der Waals surface area contributed by atoms with E-state index < -0.39 is 0 Å². The van der Waals surface area contributed by atoms with Gasteiger partial charge in [-0.05, 0) is 24.5 Å². The number of nitrogens with one attached hydrogen (secondary N) is 2. The van der Waals surface area contributed by atoms with Crippen LogP contribution in [0.1, 0.15) is 31.2 Å². The Labute approximate surface area is 118 Å². The van der Waals surface area contributed by atoms with Gasteiger partial charge in [-0.25, -0.2) is 0 Å².